The van der Waals surface area contributed by atoms with Gasteiger partial charge in [0, 0.05) is 43.0 Å². The lowest BCUT2D eigenvalue weighted by Gasteiger charge is -2.41. The lowest BCUT2D eigenvalue weighted by atomic mass is 9.62. The lowest BCUT2D eigenvalue weighted by Crippen LogP contribution is -2.45. The molecule has 2 N–H and O–H groups in total. The van der Waals surface area contributed by atoms with Crippen LogP contribution >= 0.6 is 0 Å². The third kappa shape index (κ3) is 3.92. The number of hydrogen-bond donors (Lipinski definition) is 2. The second kappa shape index (κ2) is 8.46. The molecule has 1 aliphatic heterocycles. The van der Waals surface area contributed by atoms with Gasteiger partial charge in [0.05, 0.1) is 23.4 Å². The molecular weight excluding hydrogens is 414 g/mol. The molecule has 2 amide bonds. The van der Waals surface area contributed by atoms with Gasteiger partial charge in [0.15, 0.2) is 0 Å². The topological polar surface area (TPSA) is 91.0 Å². The van der Waals surface area contributed by atoms with E-state index in [0.29, 0.717) is 25.2 Å². The summed E-state index contributed by atoms with van der Waals surface area (Å²) in [4.78, 5) is 32.7. The lowest BCUT2D eigenvalue weighted by molar-refractivity contribution is -0.129. The molecule has 0 radical (unpaired) electrons. The number of aryl methyl sites for hydroxylation is 2. The molecule has 2 fully saturated rings. The van der Waals surface area contributed by atoms with E-state index in [1.807, 2.05) is 36.1 Å². The smallest absolute Gasteiger partial charge is 0.257 e. The van der Waals surface area contributed by atoms with E-state index in [2.05, 4.69) is 33.5 Å². The number of pyridine rings is 1. The maximum absolute atomic E-state index is 13.6. The van der Waals surface area contributed by atoms with Crippen molar-refractivity contribution in [3.63, 3.8) is 0 Å². The number of amides is 2. The minimum Gasteiger partial charge on any atom is -0.352 e. The van der Waals surface area contributed by atoms with Crippen LogP contribution < -0.4 is 5.32 Å². The highest BCUT2D eigenvalue weighted by Gasteiger charge is 2.54. The van der Waals surface area contributed by atoms with Gasteiger partial charge < -0.3 is 10.2 Å². The van der Waals surface area contributed by atoms with Crippen LogP contribution in [0.5, 0.6) is 0 Å². The SMILES string of the molecule is Cc1ccc(-c2[nH]ncc2C(=O)N2CC(C(=O)NCc3cccnc3)C3(CCC3)C2)c(C)c1. The molecule has 1 aliphatic carbocycles. The van der Waals surface area contributed by atoms with Crippen molar-refractivity contribution in [1.82, 2.24) is 25.4 Å². The highest BCUT2D eigenvalue weighted by atomic mass is 16.2. The van der Waals surface area contributed by atoms with Gasteiger partial charge in [-0.15, -0.1) is 0 Å². The van der Waals surface area contributed by atoms with E-state index < -0.39 is 0 Å². The second-order valence-electron chi connectivity index (χ2n) is 9.51. The van der Waals surface area contributed by atoms with E-state index in [9.17, 15) is 9.59 Å². The summed E-state index contributed by atoms with van der Waals surface area (Å²) in [5.74, 6) is -0.230. The molecule has 1 atom stereocenters. The number of aromatic amines is 1. The van der Waals surface area contributed by atoms with E-state index in [-0.39, 0.29) is 23.1 Å². The quantitative estimate of drug-likeness (QED) is 0.630. The van der Waals surface area contributed by atoms with Crippen LogP contribution in [0.15, 0.2) is 48.9 Å². The number of benzene rings is 1. The summed E-state index contributed by atoms with van der Waals surface area (Å²) in [6.45, 7) is 5.60. The van der Waals surface area contributed by atoms with Crippen molar-refractivity contribution in [3.8, 4) is 11.3 Å². The molecule has 2 aromatic heterocycles. The van der Waals surface area contributed by atoms with Crippen LogP contribution in [0.1, 0.15) is 46.3 Å². The Balaban J connectivity index is 1.34. The maximum atomic E-state index is 13.6. The predicted molar refractivity (Wildman–Crippen MR) is 125 cm³/mol. The summed E-state index contributed by atoms with van der Waals surface area (Å²) in [6, 6.07) is 9.99. The molecule has 3 heterocycles. The molecule has 0 bridgehead atoms. The van der Waals surface area contributed by atoms with Gasteiger partial charge in [-0.2, -0.15) is 5.10 Å². The Morgan fingerprint density at radius 2 is 2.06 bits per heavy atom. The third-order valence-corrected chi connectivity index (χ3v) is 7.31. The van der Waals surface area contributed by atoms with Crippen molar-refractivity contribution in [1.29, 1.82) is 0 Å². The van der Waals surface area contributed by atoms with Crippen molar-refractivity contribution >= 4 is 11.8 Å². The van der Waals surface area contributed by atoms with E-state index in [1.165, 1.54) is 5.56 Å². The summed E-state index contributed by atoms with van der Waals surface area (Å²) in [7, 11) is 0. The van der Waals surface area contributed by atoms with Gasteiger partial charge in [-0.05, 0) is 43.9 Å². The highest BCUT2D eigenvalue weighted by Crippen LogP contribution is 2.52. The molecule has 7 heteroatoms. The number of rotatable bonds is 5. The molecule has 7 nitrogen and oxygen atoms in total. The summed E-state index contributed by atoms with van der Waals surface area (Å²) in [5, 5.41) is 10.3. The number of carbonyl (C=O) groups excluding carboxylic acids is 2. The first-order valence-electron chi connectivity index (χ1n) is 11.5. The average molecular weight is 444 g/mol. The molecule has 3 aromatic rings. The zero-order valence-electron chi connectivity index (χ0n) is 19.1. The van der Waals surface area contributed by atoms with Crippen molar-refractivity contribution in [2.75, 3.05) is 13.1 Å². The summed E-state index contributed by atoms with van der Waals surface area (Å²) < 4.78 is 0. The normalized spacial score (nSPS) is 18.8. The first-order valence-corrected chi connectivity index (χ1v) is 11.5. The zero-order chi connectivity index (χ0) is 23.0. The van der Waals surface area contributed by atoms with Crippen molar-refractivity contribution in [2.45, 2.75) is 39.7 Å². The Bertz CT molecular complexity index is 1180. The molecule has 1 aromatic carbocycles. The summed E-state index contributed by atoms with van der Waals surface area (Å²) in [6.07, 6.45) is 8.16. The number of nitrogens with zero attached hydrogens (tertiary/aromatic N) is 3. The van der Waals surface area contributed by atoms with Crippen LogP contribution in [0, 0.1) is 25.2 Å². The van der Waals surface area contributed by atoms with Gasteiger partial charge in [0.2, 0.25) is 5.91 Å². The minimum absolute atomic E-state index is 0.0237. The second-order valence-corrected chi connectivity index (χ2v) is 9.51. The van der Waals surface area contributed by atoms with E-state index in [1.54, 1.807) is 18.6 Å². The van der Waals surface area contributed by atoms with Crippen molar-refractivity contribution in [2.24, 2.45) is 11.3 Å². The molecule has 1 unspecified atom stereocenters. The molecular formula is C26H29N5O2. The van der Waals surface area contributed by atoms with Crippen molar-refractivity contribution in [3.05, 3.63) is 71.2 Å². The number of aromatic nitrogens is 3. The highest BCUT2D eigenvalue weighted by molar-refractivity contribution is 6.00. The fraction of sp³-hybridized carbons (Fsp3) is 0.385. The largest absolute Gasteiger partial charge is 0.352 e. The van der Waals surface area contributed by atoms with Crippen LogP contribution in [0.25, 0.3) is 11.3 Å². The van der Waals surface area contributed by atoms with Gasteiger partial charge >= 0.3 is 0 Å². The van der Waals surface area contributed by atoms with Crippen LogP contribution in [0.2, 0.25) is 0 Å². The molecule has 1 saturated carbocycles. The first kappa shape index (κ1) is 21.4. The Morgan fingerprint density at radius 1 is 1.21 bits per heavy atom. The molecule has 2 aliphatic rings. The Labute approximate surface area is 193 Å². The first-order chi connectivity index (χ1) is 16.0. The number of H-pyrrole nitrogens is 1. The van der Waals surface area contributed by atoms with Crippen LogP contribution in [0.3, 0.4) is 0 Å². The van der Waals surface area contributed by atoms with Crippen molar-refractivity contribution < 1.29 is 9.59 Å². The van der Waals surface area contributed by atoms with Crippen LogP contribution in [-0.4, -0.2) is 45.0 Å². The molecule has 33 heavy (non-hydrogen) atoms. The fourth-order valence-corrected chi connectivity index (χ4v) is 5.36. The molecule has 1 saturated heterocycles. The van der Waals surface area contributed by atoms with E-state index >= 15 is 0 Å². The van der Waals surface area contributed by atoms with Gasteiger partial charge in [-0.1, -0.05) is 36.2 Å². The minimum atomic E-state index is -0.191. The Kier molecular flexibility index (Phi) is 5.48. The molecule has 1 spiro atoms. The van der Waals surface area contributed by atoms with Gasteiger partial charge in [-0.3, -0.25) is 19.7 Å². The number of carbonyl (C=O) groups is 2. The van der Waals surface area contributed by atoms with E-state index in [0.717, 1.165) is 41.6 Å². The van der Waals surface area contributed by atoms with E-state index in [4.69, 9.17) is 0 Å². The summed E-state index contributed by atoms with van der Waals surface area (Å²) >= 11 is 0. The molecule has 170 valence electrons. The number of nitrogens with one attached hydrogen (secondary N) is 2. The predicted octanol–water partition coefficient (Wildman–Crippen LogP) is 3.65. The van der Waals surface area contributed by atoms with Gasteiger partial charge in [0.1, 0.15) is 0 Å². The Morgan fingerprint density at radius 3 is 2.76 bits per heavy atom. The van der Waals surface area contributed by atoms with Crippen LogP contribution in [0.4, 0.5) is 0 Å². The average Bonchev–Trinajstić information content (AvgIpc) is 3.43. The standard InChI is InChI=1S/C26H29N5O2/c1-17-6-7-20(18(2)11-17)23-21(14-29-30-23)25(33)31-15-22(26(16-31)8-4-9-26)24(32)28-13-19-5-3-10-27-12-19/h3,5-7,10-12,14,22H,4,8-9,13,15-16H2,1-2H3,(H,28,32)(H,29,30). The number of likely N-dealkylation sites (tertiary alicyclic amines) is 1. The maximum Gasteiger partial charge on any atom is 0.257 e. The van der Waals surface area contributed by atoms with Gasteiger partial charge in [-0.25, -0.2) is 0 Å². The molecule has 5 rings (SSSR count). The Hall–Kier alpha value is -3.48. The van der Waals surface area contributed by atoms with Crippen LogP contribution in [-0.2, 0) is 11.3 Å². The zero-order valence-corrected chi connectivity index (χ0v) is 19.1. The number of hydrogen-bond acceptors (Lipinski definition) is 4. The summed E-state index contributed by atoms with van der Waals surface area (Å²) in [5.41, 5.74) is 5.41. The fourth-order valence-electron chi connectivity index (χ4n) is 5.36. The monoisotopic (exact) mass is 443 g/mol. The third-order valence-electron chi connectivity index (χ3n) is 7.31. The van der Waals surface area contributed by atoms with Gasteiger partial charge in [0.25, 0.3) is 5.91 Å².